The molecule has 0 spiro atoms. The molecule has 2 aromatic carbocycles. The molecule has 0 atom stereocenters. The van der Waals surface area contributed by atoms with E-state index in [4.69, 9.17) is 15.2 Å². The van der Waals surface area contributed by atoms with E-state index in [9.17, 15) is 4.79 Å². The number of benzene rings is 2. The van der Waals surface area contributed by atoms with Crippen LogP contribution in [0.4, 0.5) is 11.4 Å². The maximum absolute atomic E-state index is 12.2. The molecular weight excluding hydrogens is 336 g/mol. The summed E-state index contributed by atoms with van der Waals surface area (Å²) in [6.45, 7) is 0. The van der Waals surface area contributed by atoms with Crippen molar-refractivity contribution in [1.29, 1.82) is 0 Å². The minimum atomic E-state index is -0.251. The molecule has 5 nitrogen and oxygen atoms in total. The van der Waals surface area contributed by atoms with Gasteiger partial charge < -0.3 is 20.5 Å². The summed E-state index contributed by atoms with van der Waals surface area (Å²) < 4.78 is 11.0. The van der Waals surface area contributed by atoms with Crippen LogP contribution in [0, 0.1) is 0 Å². The SMILES string of the molecule is COc1ccc(NC(=O)c2ccc(N)c(Br)c2)c(OC)c1. The first-order valence-corrected chi connectivity index (χ1v) is 6.93. The van der Waals surface area contributed by atoms with E-state index >= 15 is 0 Å². The Bertz CT molecular complexity index is 674. The summed E-state index contributed by atoms with van der Waals surface area (Å²) in [5.41, 5.74) is 7.34. The van der Waals surface area contributed by atoms with E-state index in [-0.39, 0.29) is 5.91 Å². The Balaban J connectivity index is 2.24. The molecule has 3 N–H and O–H groups in total. The molecule has 0 unspecified atom stereocenters. The third-order valence-corrected chi connectivity index (χ3v) is 3.61. The van der Waals surface area contributed by atoms with Crippen LogP contribution in [-0.2, 0) is 0 Å². The molecule has 1 amide bonds. The lowest BCUT2D eigenvalue weighted by Crippen LogP contribution is -2.13. The van der Waals surface area contributed by atoms with Gasteiger partial charge in [0.1, 0.15) is 11.5 Å². The minimum Gasteiger partial charge on any atom is -0.497 e. The van der Waals surface area contributed by atoms with Gasteiger partial charge in [-0.25, -0.2) is 0 Å². The zero-order valence-electron chi connectivity index (χ0n) is 11.6. The Morgan fingerprint density at radius 3 is 2.52 bits per heavy atom. The molecule has 2 aromatic rings. The maximum atomic E-state index is 12.2. The van der Waals surface area contributed by atoms with Crippen LogP contribution in [-0.4, -0.2) is 20.1 Å². The number of carbonyl (C=O) groups is 1. The Hall–Kier alpha value is -2.21. The van der Waals surface area contributed by atoms with Crippen LogP contribution in [0.2, 0.25) is 0 Å². The fraction of sp³-hybridized carbons (Fsp3) is 0.133. The second kappa shape index (κ2) is 6.49. The molecule has 0 saturated heterocycles. The van der Waals surface area contributed by atoms with Crippen molar-refractivity contribution in [3.63, 3.8) is 0 Å². The fourth-order valence-electron chi connectivity index (χ4n) is 1.76. The van der Waals surface area contributed by atoms with Crippen molar-refractivity contribution in [3.05, 3.63) is 46.4 Å². The van der Waals surface area contributed by atoms with Crippen LogP contribution in [0.25, 0.3) is 0 Å². The summed E-state index contributed by atoms with van der Waals surface area (Å²) in [6, 6.07) is 10.2. The van der Waals surface area contributed by atoms with Gasteiger partial charge in [-0.2, -0.15) is 0 Å². The lowest BCUT2D eigenvalue weighted by Gasteiger charge is -2.12. The summed E-state index contributed by atoms with van der Waals surface area (Å²) in [5, 5.41) is 2.79. The molecule has 0 bridgehead atoms. The van der Waals surface area contributed by atoms with Gasteiger partial charge in [0.05, 0.1) is 19.9 Å². The predicted octanol–water partition coefficient (Wildman–Crippen LogP) is 3.30. The van der Waals surface area contributed by atoms with Gasteiger partial charge in [-0.3, -0.25) is 4.79 Å². The molecule has 2 rings (SSSR count). The monoisotopic (exact) mass is 350 g/mol. The van der Waals surface area contributed by atoms with Gasteiger partial charge in [0.2, 0.25) is 0 Å². The molecular formula is C15H15BrN2O3. The number of anilines is 2. The number of hydrogen-bond donors (Lipinski definition) is 2. The van der Waals surface area contributed by atoms with Gasteiger partial charge >= 0.3 is 0 Å². The number of amides is 1. The highest BCUT2D eigenvalue weighted by atomic mass is 79.9. The van der Waals surface area contributed by atoms with Crippen LogP contribution in [0.1, 0.15) is 10.4 Å². The lowest BCUT2D eigenvalue weighted by atomic mass is 10.2. The van der Waals surface area contributed by atoms with Crippen molar-refractivity contribution < 1.29 is 14.3 Å². The molecule has 0 radical (unpaired) electrons. The number of nitrogen functional groups attached to an aromatic ring is 1. The van der Waals surface area contributed by atoms with Crippen LogP contribution < -0.4 is 20.5 Å². The van der Waals surface area contributed by atoms with Gasteiger partial charge in [-0.05, 0) is 46.3 Å². The Labute approximate surface area is 131 Å². The number of carbonyl (C=O) groups excluding carboxylic acids is 1. The van der Waals surface area contributed by atoms with Crippen molar-refractivity contribution in [2.75, 3.05) is 25.3 Å². The third kappa shape index (κ3) is 3.46. The lowest BCUT2D eigenvalue weighted by molar-refractivity contribution is 0.102. The standard InChI is InChI=1S/C15H15BrN2O3/c1-20-10-4-6-13(14(8-10)21-2)18-15(19)9-3-5-12(17)11(16)7-9/h3-8H,17H2,1-2H3,(H,18,19). The molecule has 0 heterocycles. The molecule has 110 valence electrons. The van der Waals surface area contributed by atoms with Crippen LogP contribution in [0.3, 0.4) is 0 Å². The van der Waals surface area contributed by atoms with E-state index < -0.39 is 0 Å². The van der Waals surface area contributed by atoms with E-state index in [2.05, 4.69) is 21.2 Å². The second-order valence-corrected chi connectivity index (χ2v) is 5.11. The van der Waals surface area contributed by atoms with Crippen molar-refractivity contribution in [2.45, 2.75) is 0 Å². The van der Waals surface area contributed by atoms with E-state index in [1.807, 2.05) is 0 Å². The Morgan fingerprint density at radius 2 is 1.90 bits per heavy atom. The summed E-state index contributed by atoms with van der Waals surface area (Å²) in [5.74, 6) is 0.927. The van der Waals surface area contributed by atoms with Gasteiger partial charge in [-0.15, -0.1) is 0 Å². The number of rotatable bonds is 4. The summed E-state index contributed by atoms with van der Waals surface area (Å²) in [6.07, 6.45) is 0. The first-order chi connectivity index (χ1) is 10.0. The Kier molecular flexibility index (Phi) is 4.70. The molecule has 0 aliphatic carbocycles. The van der Waals surface area contributed by atoms with E-state index in [1.165, 1.54) is 7.11 Å². The minimum absolute atomic E-state index is 0.251. The van der Waals surface area contributed by atoms with Gasteiger partial charge in [0, 0.05) is 21.8 Å². The van der Waals surface area contributed by atoms with Gasteiger partial charge in [0.25, 0.3) is 5.91 Å². The highest BCUT2D eigenvalue weighted by Gasteiger charge is 2.11. The topological polar surface area (TPSA) is 73.6 Å². The van der Waals surface area contributed by atoms with Crippen molar-refractivity contribution in [3.8, 4) is 11.5 Å². The zero-order valence-corrected chi connectivity index (χ0v) is 13.2. The number of ether oxygens (including phenoxy) is 2. The van der Waals surface area contributed by atoms with E-state index in [1.54, 1.807) is 43.5 Å². The average molecular weight is 351 g/mol. The second-order valence-electron chi connectivity index (χ2n) is 4.26. The molecule has 0 saturated carbocycles. The number of nitrogens with two attached hydrogens (primary N) is 1. The molecule has 0 fully saturated rings. The number of methoxy groups -OCH3 is 2. The first kappa shape index (κ1) is 15.2. The smallest absolute Gasteiger partial charge is 0.255 e. The molecule has 0 aliphatic heterocycles. The summed E-state index contributed by atoms with van der Waals surface area (Å²) in [4.78, 5) is 12.2. The normalized spacial score (nSPS) is 10.0. The highest BCUT2D eigenvalue weighted by Crippen LogP contribution is 2.29. The molecule has 6 heteroatoms. The number of halogens is 1. The Morgan fingerprint density at radius 1 is 1.14 bits per heavy atom. The summed E-state index contributed by atoms with van der Waals surface area (Å²) >= 11 is 3.30. The summed E-state index contributed by atoms with van der Waals surface area (Å²) in [7, 11) is 3.10. The van der Waals surface area contributed by atoms with Crippen molar-refractivity contribution in [1.82, 2.24) is 0 Å². The van der Waals surface area contributed by atoms with Crippen LogP contribution in [0.15, 0.2) is 40.9 Å². The quantitative estimate of drug-likeness (QED) is 0.829. The van der Waals surface area contributed by atoms with E-state index in [0.717, 1.165) is 0 Å². The molecule has 0 aliphatic rings. The maximum Gasteiger partial charge on any atom is 0.255 e. The third-order valence-electron chi connectivity index (χ3n) is 2.92. The average Bonchev–Trinajstić information content (AvgIpc) is 2.50. The van der Waals surface area contributed by atoms with Gasteiger partial charge in [0.15, 0.2) is 0 Å². The van der Waals surface area contributed by atoms with Crippen LogP contribution >= 0.6 is 15.9 Å². The highest BCUT2D eigenvalue weighted by molar-refractivity contribution is 9.10. The molecule has 0 aromatic heterocycles. The number of hydrogen-bond acceptors (Lipinski definition) is 4. The van der Waals surface area contributed by atoms with Crippen molar-refractivity contribution >= 4 is 33.2 Å². The van der Waals surface area contributed by atoms with E-state index in [0.29, 0.717) is 32.9 Å². The predicted molar refractivity (Wildman–Crippen MR) is 86.1 cm³/mol. The van der Waals surface area contributed by atoms with Gasteiger partial charge in [-0.1, -0.05) is 0 Å². The molecule has 21 heavy (non-hydrogen) atoms. The largest absolute Gasteiger partial charge is 0.497 e. The van der Waals surface area contributed by atoms with Crippen molar-refractivity contribution in [2.24, 2.45) is 0 Å². The number of nitrogens with one attached hydrogen (secondary N) is 1. The zero-order chi connectivity index (χ0) is 15.4. The fourth-order valence-corrected chi connectivity index (χ4v) is 2.14. The van der Waals surface area contributed by atoms with Crippen LogP contribution in [0.5, 0.6) is 11.5 Å². The first-order valence-electron chi connectivity index (χ1n) is 6.13.